The first-order valence-corrected chi connectivity index (χ1v) is 51.2. The molecule has 0 saturated heterocycles. The van der Waals surface area contributed by atoms with Crippen LogP contribution in [0.1, 0.15) is 0 Å². The van der Waals surface area contributed by atoms with Gasteiger partial charge in [0, 0.05) is 120 Å². The largest absolute Gasteiger partial charge is 0.316 e. The lowest BCUT2D eigenvalue weighted by Gasteiger charge is -2.27. The van der Waals surface area contributed by atoms with Gasteiger partial charge < -0.3 is 28.4 Å². The second-order valence-electron chi connectivity index (χ2n) is 38.3. The van der Waals surface area contributed by atoms with Crippen molar-refractivity contribution in [1.29, 1.82) is 0 Å². The fourth-order valence-electron chi connectivity index (χ4n) is 22.7. The number of hydrogen-bond acceptors (Lipinski definition) is 5. The lowest BCUT2D eigenvalue weighted by atomic mass is 9.93. The molecule has 3 aliphatic rings. The van der Waals surface area contributed by atoms with E-state index in [1.54, 1.807) is 0 Å². The fourth-order valence-corrected chi connectivity index (χ4v) is 22.7. The van der Waals surface area contributed by atoms with Crippen molar-refractivity contribution in [3.63, 3.8) is 0 Å². The summed E-state index contributed by atoms with van der Waals surface area (Å²) in [6.07, 6.45) is 8.79. The first-order valence-electron chi connectivity index (χ1n) is 51.2. The van der Waals surface area contributed by atoms with Crippen LogP contribution in [0.15, 0.2) is 583 Å². The molecule has 0 bridgehead atoms. The Kier molecular flexibility index (Phi) is 22.8. The maximum Gasteiger partial charge on any atom is 0.137 e. The van der Waals surface area contributed by atoms with Gasteiger partial charge in [-0.05, 0) is 274 Å². The van der Waals surface area contributed by atoms with Gasteiger partial charge in [-0.1, -0.05) is 413 Å². The van der Waals surface area contributed by atoms with Crippen LogP contribution in [0.3, 0.4) is 0 Å². The minimum Gasteiger partial charge on any atom is -0.316 e. The molecular weight excluding hydrogens is 1820 g/mol. The molecule has 0 saturated carbocycles. The molecule has 0 fully saturated rings. The highest BCUT2D eigenvalue weighted by molar-refractivity contribution is 6.19. The van der Waals surface area contributed by atoms with Gasteiger partial charge in [-0.15, -0.1) is 0 Å². The molecule has 8 nitrogen and oxygen atoms in total. The van der Waals surface area contributed by atoms with E-state index in [0.29, 0.717) is 0 Å². The van der Waals surface area contributed by atoms with Crippen LogP contribution < -0.4 is 14.7 Å². The Bertz CT molecular complexity index is 9120. The Morgan fingerprint density at radius 2 is 0.387 bits per heavy atom. The number of hydrogen-bond donors (Lipinski definition) is 0. The molecule has 0 radical (unpaired) electrons. The molecule has 26 aromatic rings. The minimum absolute atomic E-state index is 0.880. The second kappa shape index (κ2) is 38.6. The molecule has 0 atom stereocenters. The average molecular weight is 1910 g/mol. The summed E-state index contributed by atoms with van der Waals surface area (Å²) in [5.74, 6) is 1.78. The Morgan fingerprint density at radius 1 is 0.147 bits per heavy atom. The molecule has 5 aromatic heterocycles. The van der Waals surface area contributed by atoms with Gasteiger partial charge in [-0.25, -0.2) is 9.97 Å². The van der Waals surface area contributed by atoms with Crippen LogP contribution in [0.25, 0.3) is 206 Å². The highest BCUT2D eigenvalue weighted by Crippen LogP contribution is 2.57. The zero-order valence-corrected chi connectivity index (χ0v) is 82.0. The third-order valence-electron chi connectivity index (χ3n) is 29.5. The third kappa shape index (κ3) is 16.3. The number of aromatic nitrogens is 5. The van der Waals surface area contributed by atoms with E-state index in [4.69, 9.17) is 9.97 Å². The predicted octanol–water partition coefficient (Wildman–Crippen LogP) is 38.4. The maximum atomic E-state index is 5.26. The summed E-state index contributed by atoms with van der Waals surface area (Å²) in [7, 11) is 0. The van der Waals surface area contributed by atoms with Gasteiger partial charge in [-0.2, -0.15) is 0 Å². The van der Waals surface area contributed by atoms with Crippen LogP contribution in [0.2, 0.25) is 0 Å². The quantitative estimate of drug-likeness (QED) is 0.0909. The van der Waals surface area contributed by atoms with E-state index in [1.807, 2.05) is 18.3 Å². The van der Waals surface area contributed by atoms with Gasteiger partial charge in [0.15, 0.2) is 0 Å². The summed E-state index contributed by atoms with van der Waals surface area (Å²) in [5, 5.41) is 3.72. The smallest absolute Gasteiger partial charge is 0.137 e. The van der Waals surface area contributed by atoms with E-state index in [1.165, 1.54) is 166 Å². The van der Waals surface area contributed by atoms with Crippen LogP contribution in [-0.4, -0.2) is 23.7 Å². The van der Waals surface area contributed by atoms with E-state index in [0.717, 1.165) is 90.8 Å². The molecule has 0 aliphatic heterocycles. The Labute approximate surface area is 872 Å². The Hall–Kier alpha value is -20.1. The highest BCUT2D eigenvalue weighted by Gasteiger charge is 2.33. The first kappa shape index (κ1) is 88.8. The van der Waals surface area contributed by atoms with Gasteiger partial charge >= 0.3 is 0 Å². The van der Waals surface area contributed by atoms with Gasteiger partial charge in [0.1, 0.15) is 11.6 Å². The SMILES string of the molecule is c1ccc(-c2ccc(N(c3ccccc3)c3cc4c5c(cn(-c6cccc(-c7ccccc7)c6)c5c3)-c3ccccc3-c3ccccc3-4)cc2)cc1.c1ccc(-c2ccc(N(c3ccccc3)c3cc4c5c(cn(-c6cccc(-c7ccccc7)n6)c5c3)-c3ccccc3-c3ccccc3-4)cc2)cc1.c1ccc(-c2ccc(N(c3ccccc3)c3cc4c5c(cn(-c6ccccn6)c5c3)-c3ccccc3-c3ccccc3-4)cc2)cc1. The Balaban J connectivity index is 0.000000111. The monoisotopic (exact) mass is 1910 g/mol. The van der Waals surface area contributed by atoms with Gasteiger partial charge in [0.2, 0.25) is 0 Å². The molecule has 0 amide bonds. The van der Waals surface area contributed by atoms with Crippen molar-refractivity contribution in [2.75, 3.05) is 14.7 Å². The predicted molar refractivity (Wildman–Crippen MR) is 626 cm³/mol. The van der Waals surface area contributed by atoms with Crippen molar-refractivity contribution >= 4 is 83.9 Å². The summed E-state index contributed by atoms with van der Waals surface area (Å²) < 4.78 is 6.94. The molecule has 150 heavy (non-hydrogen) atoms. The van der Waals surface area contributed by atoms with E-state index in [2.05, 4.69) is 593 Å². The number of fused-ring (bicyclic) bond motifs is 15. The maximum absolute atomic E-state index is 5.26. The number of para-hydroxylation sites is 3. The van der Waals surface area contributed by atoms with Crippen LogP contribution in [0.5, 0.6) is 0 Å². The van der Waals surface area contributed by atoms with Crippen molar-refractivity contribution in [3.8, 4) is 173 Å². The van der Waals surface area contributed by atoms with Crippen molar-refractivity contribution in [2.24, 2.45) is 0 Å². The van der Waals surface area contributed by atoms with Crippen molar-refractivity contribution in [3.05, 3.63) is 583 Å². The summed E-state index contributed by atoms with van der Waals surface area (Å²) in [5.41, 5.74) is 48.2. The standard InChI is InChI=1S/C50H34N2.C49H33N3.C43H29N3/c1-4-15-35(16-5-1)37-27-29-40(30-28-37)52(39-20-8-3-9-21-39)42-32-47-45-25-12-10-23-43(45)44-24-11-13-26-46(44)48-34-51(49(33-42)50(47)48)41-22-14-19-38(31-41)36-17-6-2-7-18-36;1-4-15-34(16-5-1)35-27-29-38(30-28-35)52(37-19-8-3-9-20-37)39-31-44-42-23-12-10-21-40(42)41-22-11-13-24-43(41)45-33-51(47(32-39)49(44)45)48-26-14-25-46(50-48)36-17-6-2-7-18-36;1-3-13-30(14-4-1)31-22-24-33(25-23-31)46(32-15-5-2-6-16-32)34-27-39-37-19-9-7-17-35(37)36-18-8-10-20-38(36)40-29-45(41(28-34)43(39)40)42-21-11-12-26-44-42/h1-34H;1-33H;1-29H. The highest BCUT2D eigenvalue weighted by atomic mass is 15.2. The topological polar surface area (TPSA) is 50.3 Å². The number of pyridine rings is 2. The summed E-state index contributed by atoms with van der Waals surface area (Å²) in [4.78, 5) is 17.2. The van der Waals surface area contributed by atoms with Gasteiger partial charge in [-0.3, -0.25) is 0 Å². The lowest BCUT2D eigenvalue weighted by Crippen LogP contribution is -2.10. The molecule has 29 rings (SSSR count). The van der Waals surface area contributed by atoms with E-state index >= 15 is 0 Å². The second-order valence-corrected chi connectivity index (χ2v) is 38.3. The molecule has 21 aromatic carbocycles. The Morgan fingerprint density at radius 3 is 0.713 bits per heavy atom. The van der Waals surface area contributed by atoms with Crippen molar-refractivity contribution in [2.45, 2.75) is 0 Å². The van der Waals surface area contributed by atoms with E-state index in [-0.39, 0.29) is 0 Å². The zero-order valence-electron chi connectivity index (χ0n) is 82.0. The molecule has 704 valence electrons. The molecule has 0 N–H and O–H groups in total. The molecular formula is C142H96N8. The van der Waals surface area contributed by atoms with Crippen molar-refractivity contribution in [1.82, 2.24) is 23.7 Å². The lowest BCUT2D eigenvalue weighted by molar-refractivity contribution is 1.04. The van der Waals surface area contributed by atoms with Gasteiger partial charge in [0.25, 0.3) is 0 Å². The first-order chi connectivity index (χ1) is 74.4. The molecule has 5 heterocycles. The minimum atomic E-state index is 0.880. The van der Waals surface area contributed by atoms with Crippen LogP contribution in [0.4, 0.5) is 51.2 Å². The zero-order chi connectivity index (χ0) is 99.3. The normalized spacial score (nSPS) is 11.5. The number of anilines is 9. The average Bonchev–Trinajstić information content (AvgIpc) is 1.57. The van der Waals surface area contributed by atoms with Crippen LogP contribution >= 0.6 is 0 Å². The number of benzene rings is 21. The van der Waals surface area contributed by atoms with Crippen LogP contribution in [0, 0.1) is 0 Å². The number of nitrogens with zero attached hydrogens (tertiary/aromatic N) is 8. The fraction of sp³-hybridized carbons (Fsp3) is 0. The van der Waals surface area contributed by atoms with E-state index < -0.39 is 0 Å². The van der Waals surface area contributed by atoms with Crippen LogP contribution in [-0.2, 0) is 0 Å². The molecule has 0 spiro atoms. The summed E-state index contributed by atoms with van der Waals surface area (Å²) >= 11 is 0. The van der Waals surface area contributed by atoms with Gasteiger partial charge in [0.05, 0.1) is 22.2 Å². The third-order valence-corrected chi connectivity index (χ3v) is 29.5. The van der Waals surface area contributed by atoms with E-state index in [9.17, 15) is 0 Å². The molecule has 0 unspecified atom stereocenters. The number of rotatable bonds is 17. The summed E-state index contributed by atoms with van der Waals surface area (Å²) in [6.45, 7) is 0. The van der Waals surface area contributed by atoms with Crippen molar-refractivity contribution < 1.29 is 0 Å². The molecule has 3 aliphatic carbocycles. The summed E-state index contributed by atoms with van der Waals surface area (Å²) in [6, 6.07) is 200. The molecule has 8 heteroatoms.